The minimum atomic E-state index is -0.288. The van der Waals surface area contributed by atoms with Crippen LogP contribution < -0.4 is 5.32 Å². The lowest BCUT2D eigenvalue weighted by Crippen LogP contribution is -2.28. The Hall–Kier alpha value is -2.86. The third-order valence-corrected chi connectivity index (χ3v) is 5.78. The molecule has 0 unspecified atom stereocenters. The first-order valence-electron chi connectivity index (χ1n) is 9.14. The minimum Gasteiger partial charge on any atom is -0.349 e. The van der Waals surface area contributed by atoms with E-state index < -0.39 is 0 Å². The van der Waals surface area contributed by atoms with Crippen LogP contribution in [0.3, 0.4) is 0 Å². The number of nitrogens with zero attached hydrogens (tertiary/aromatic N) is 2. The molecule has 1 N–H and O–H groups in total. The summed E-state index contributed by atoms with van der Waals surface area (Å²) < 4.78 is 13.0. The van der Waals surface area contributed by atoms with E-state index in [-0.39, 0.29) is 24.2 Å². The molecule has 6 heteroatoms. The normalized spacial score (nSPS) is 13.8. The van der Waals surface area contributed by atoms with Crippen LogP contribution in [0.5, 0.6) is 0 Å². The maximum atomic E-state index is 13.0. The molecule has 0 bridgehead atoms. The van der Waals surface area contributed by atoms with Crippen LogP contribution in [-0.2, 0) is 17.8 Å². The zero-order valence-corrected chi connectivity index (χ0v) is 16.5. The highest BCUT2D eigenvalue weighted by Crippen LogP contribution is 2.27. The van der Waals surface area contributed by atoms with Gasteiger partial charge in [0.25, 0.3) is 0 Å². The average molecular weight is 393 g/mol. The number of carbonyl (C=O) groups is 1. The predicted octanol–water partition coefficient (Wildman–Crippen LogP) is 4.36. The fourth-order valence-corrected chi connectivity index (χ4v) is 4.19. The maximum absolute atomic E-state index is 13.0. The molecule has 0 radical (unpaired) electrons. The van der Waals surface area contributed by atoms with Crippen LogP contribution in [0.1, 0.15) is 45.1 Å². The van der Waals surface area contributed by atoms with Crippen molar-refractivity contribution in [3.8, 4) is 0 Å². The van der Waals surface area contributed by atoms with Crippen LogP contribution in [-0.4, -0.2) is 16.6 Å². The van der Waals surface area contributed by atoms with Gasteiger partial charge in [0, 0.05) is 16.6 Å². The van der Waals surface area contributed by atoms with E-state index in [1.807, 2.05) is 19.2 Å². The number of fused-ring (bicyclic) bond motifs is 1. The van der Waals surface area contributed by atoms with E-state index in [9.17, 15) is 9.18 Å². The quantitative estimate of drug-likeness (QED) is 0.700. The number of carbonyl (C=O) groups excluding carboxylic acids is 1. The number of aliphatic imine (C=N–C) groups is 1. The summed E-state index contributed by atoms with van der Waals surface area (Å²) in [5, 5.41) is 2.94. The number of halogens is 1. The van der Waals surface area contributed by atoms with E-state index in [4.69, 9.17) is 0 Å². The molecule has 2 aromatic heterocycles. The van der Waals surface area contributed by atoms with Crippen molar-refractivity contribution in [2.45, 2.75) is 32.9 Å². The molecule has 4 rings (SSSR count). The third-order valence-electron chi connectivity index (χ3n) is 4.77. The molecule has 0 saturated carbocycles. The number of benzene rings is 1. The molecule has 1 atom stereocenters. The monoisotopic (exact) mass is 393 g/mol. The number of hydrogen-bond donors (Lipinski definition) is 1. The van der Waals surface area contributed by atoms with E-state index in [0.29, 0.717) is 6.54 Å². The summed E-state index contributed by atoms with van der Waals surface area (Å²) in [6, 6.07) is 12.1. The molecule has 1 aromatic carbocycles. The molecular formula is C22H20FN3OS. The van der Waals surface area contributed by atoms with Gasteiger partial charge in [-0.15, -0.1) is 11.3 Å². The Balaban J connectivity index is 1.42. The summed E-state index contributed by atoms with van der Waals surface area (Å²) in [5.74, 6) is -0.402. The lowest BCUT2D eigenvalue weighted by atomic mass is 10.1. The fraction of sp³-hybridized carbons (Fsp3) is 0.227. The highest BCUT2D eigenvalue weighted by Gasteiger charge is 2.20. The van der Waals surface area contributed by atoms with Gasteiger partial charge in [0.2, 0.25) is 5.91 Å². The standard InChI is InChI=1S/C22H20FN3OS/c1-13-3-8-20(28-13)22-19-12-24-18(9-16(19)11-25-22)10-21(27)26-14(2)15-4-6-17(23)7-5-15/h3-9,12,14H,10-11H2,1-2H3,(H,26,27)/t14-/m1/s1. The lowest BCUT2D eigenvalue weighted by Gasteiger charge is -2.14. The van der Waals surface area contributed by atoms with Gasteiger partial charge in [-0.25, -0.2) is 4.39 Å². The number of aromatic nitrogens is 1. The van der Waals surface area contributed by atoms with Crippen molar-refractivity contribution >= 4 is 23.0 Å². The van der Waals surface area contributed by atoms with E-state index in [2.05, 4.69) is 34.3 Å². The molecule has 1 aliphatic rings. The molecule has 28 heavy (non-hydrogen) atoms. The molecular weight excluding hydrogens is 373 g/mol. The second-order valence-corrected chi connectivity index (χ2v) is 8.21. The Morgan fingerprint density at radius 3 is 2.75 bits per heavy atom. The average Bonchev–Trinajstić information content (AvgIpc) is 3.27. The van der Waals surface area contributed by atoms with Gasteiger partial charge in [-0.3, -0.25) is 14.8 Å². The molecule has 0 spiro atoms. The van der Waals surface area contributed by atoms with Gasteiger partial charge in [0.1, 0.15) is 5.82 Å². The number of amides is 1. The SMILES string of the molecule is Cc1ccc(C2=NCc3cc(CC(=O)N[C@H](C)c4ccc(F)cc4)ncc32)s1. The Bertz CT molecular complexity index is 1060. The molecule has 0 aliphatic carbocycles. The Morgan fingerprint density at radius 2 is 2.04 bits per heavy atom. The van der Waals surface area contributed by atoms with Gasteiger partial charge in [-0.1, -0.05) is 12.1 Å². The topological polar surface area (TPSA) is 54.4 Å². The molecule has 3 heterocycles. The van der Waals surface area contributed by atoms with Crippen molar-refractivity contribution in [3.63, 3.8) is 0 Å². The van der Waals surface area contributed by atoms with Gasteiger partial charge in [-0.2, -0.15) is 0 Å². The zero-order valence-electron chi connectivity index (χ0n) is 15.7. The summed E-state index contributed by atoms with van der Waals surface area (Å²) >= 11 is 1.72. The molecule has 0 saturated heterocycles. The van der Waals surface area contributed by atoms with Gasteiger partial charge in [0.05, 0.1) is 35.3 Å². The lowest BCUT2D eigenvalue weighted by molar-refractivity contribution is -0.121. The zero-order chi connectivity index (χ0) is 19.7. The van der Waals surface area contributed by atoms with Crippen LogP contribution in [0.25, 0.3) is 0 Å². The van der Waals surface area contributed by atoms with Gasteiger partial charge < -0.3 is 5.32 Å². The fourth-order valence-electron chi connectivity index (χ4n) is 3.30. The molecule has 1 amide bonds. The Kier molecular flexibility index (Phi) is 5.05. The van der Waals surface area contributed by atoms with Crippen LogP contribution in [0.4, 0.5) is 4.39 Å². The van der Waals surface area contributed by atoms with E-state index >= 15 is 0 Å². The summed E-state index contributed by atoms with van der Waals surface area (Å²) in [6.45, 7) is 4.58. The first kappa shape index (κ1) is 18.5. The highest BCUT2D eigenvalue weighted by atomic mass is 32.1. The van der Waals surface area contributed by atoms with Crippen LogP contribution in [0.15, 0.2) is 53.7 Å². The Morgan fingerprint density at radius 1 is 1.25 bits per heavy atom. The molecule has 4 nitrogen and oxygen atoms in total. The third kappa shape index (κ3) is 3.87. The van der Waals surface area contributed by atoms with Crippen molar-refractivity contribution in [1.29, 1.82) is 0 Å². The number of hydrogen-bond acceptors (Lipinski definition) is 4. The highest BCUT2D eigenvalue weighted by molar-refractivity contribution is 7.14. The van der Waals surface area contributed by atoms with E-state index in [1.54, 1.807) is 23.5 Å². The van der Waals surface area contributed by atoms with Crippen molar-refractivity contribution in [1.82, 2.24) is 10.3 Å². The second-order valence-electron chi connectivity index (χ2n) is 6.93. The number of pyridine rings is 1. The van der Waals surface area contributed by atoms with Crippen LogP contribution in [0.2, 0.25) is 0 Å². The van der Waals surface area contributed by atoms with Crippen molar-refractivity contribution in [3.05, 3.63) is 86.6 Å². The van der Waals surface area contributed by atoms with Crippen molar-refractivity contribution < 1.29 is 9.18 Å². The maximum Gasteiger partial charge on any atom is 0.226 e. The first-order valence-corrected chi connectivity index (χ1v) is 9.95. The van der Waals surface area contributed by atoms with Crippen LogP contribution in [0, 0.1) is 12.7 Å². The summed E-state index contributed by atoms with van der Waals surface area (Å²) in [6.07, 6.45) is 2.02. The predicted molar refractivity (Wildman–Crippen MR) is 109 cm³/mol. The summed E-state index contributed by atoms with van der Waals surface area (Å²) in [4.78, 5) is 23.9. The number of rotatable bonds is 5. The molecule has 1 aliphatic heterocycles. The van der Waals surface area contributed by atoms with Crippen LogP contribution >= 0.6 is 11.3 Å². The van der Waals surface area contributed by atoms with Gasteiger partial charge in [-0.05, 0) is 55.3 Å². The van der Waals surface area contributed by atoms with E-state index in [0.717, 1.165) is 33.0 Å². The van der Waals surface area contributed by atoms with Gasteiger partial charge in [0.15, 0.2) is 0 Å². The molecule has 142 valence electrons. The molecule has 3 aromatic rings. The Labute approximate surface area is 167 Å². The smallest absolute Gasteiger partial charge is 0.226 e. The van der Waals surface area contributed by atoms with Crippen molar-refractivity contribution in [2.24, 2.45) is 4.99 Å². The molecule has 0 fully saturated rings. The van der Waals surface area contributed by atoms with Crippen molar-refractivity contribution in [2.75, 3.05) is 0 Å². The first-order chi connectivity index (χ1) is 13.5. The van der Waals surface area contributed by atoms with E-state index in [1.165, 1.54) is 17.0 Å². The second kappa shape index (κ2) is 7.64. The number of nitrogens with one attached hydrogen (secondary N) is 1. The van der Waals surface area contributed by atoms with Gasteiger partial charge >= 0.3 is 0 Å². The number of aryl methyl sites for hydroxylation is 1. The summed E-state index contributed by atoms with van der Waals surface area (Å²) in [7, 11) is 0. The number of thiophene rings is 1. The summed E-state index contributed by atoms with van der Waals surface area (Å²) in [5.41, 5.74) is 4.72. The minimum absolute atomic E-state index is 0.114. The largest absolute Gasteiger partial charge is 0.349 e.